The fourth-order valence-corrected chi connectivity index (χ4v) is 1.02. The van der Waals surface area contributed by atoms with Crippen molar-refractivity contribution in [2.75, 3.05) is 6.54 Å². The topological polar surface area (TPSA) is 98.7 Å². The highest BCUT2D eigenvalue weighted by Gasteiger charge is 2.36. The lowest BCUT2D eigenvalue weighted by molar-refractivity contribution is -0.119. The van der Waals surface area contributed by atoms with Gasteiger partial charge in [-0.05, 0) is 12.8 Å². The molecule has 6 nitrogen and oxygen atoms in total. The van der Waals surface area contributed by atoms with Crippen molar-refractivity contribution >= 4 is 12.4 Å². The molecule has 0 aliphatic carbocycles. The summed E-state index contributed by atoms with van der Waals surface area (Å²) in [4.78, 5) is 21.4. The number of carbonyl (C=O) groups is 2. The molecular formula is C9H18N2O4. The van der Waals surface area contributed by atoms with Crippen LogP contribution >= 0.6 is 0 Å². The zero-order valence-electron chi connectivity index (χ0n) is 9.15. The Kier molecular flexibility index (Phi) is 5.24. The highest BCUT2D eigenvalue weighted by Crippen LogP contribution is 2.05. The number of carboxylic acid groups (broad SMARTS) is 1. The molecule has 0 fully saturated rings. The molecule has 0 saturated heterocycles. The van der Waals surface area contributed by atoms with Gasteiger partial charge in [-0.1, -0.05) is 13.8 Å². The van der Waals surface area contributed by atoms with E-state index in [9.17, 15) is 14.7 Å². The van der Waals surface area contributed by atoms with Crippen molar-refractivity contribution in [1.82, 2.24) is 10.6 Å². The van der Waals surface area contributed by atoms with Gasteiger partial charge in [0.1, 0.15) is 0 Å². The van der Waals surface area contributed by atoms with E-state index in [-0.39, 0.29) is 5.92 Å². The highest BCUT2D eigenvalue weighted by atomic mass is 16.4. The van der Waals surface area contributed by atoms with E-state index in [2.05, 4.69) is 5.32 Å². The maximum atomic E-state index is 10.9. The monoisotopic (exact) mass is 218 g/mol. The van der Waals surface area contributed by atoms with Gasteiger partial charge in [-0.3, -0.25) is 15.4 Å². The first-order valence-electron chi connectivity index (χ1n) is 4.74. The van der Waals surface area contributed by atoms with E-state index in [4.69, 9.17) is 5.11 Å². The third-order valence-electron chi connectivity index (χ3n) is 1.96. The van der Waals surface area contributed by atoms with Gasteiger partial charge in [-0.15, -0.1) is 0 Å². The minimum atomic E-state index is -1.63. The number of aliphatic hydroxyl groups excluding tert-OH is 1. The molecule has 88 valence electrons. The molecule has 0 radical (unpaired) electrons. The largest absolute Gasteiger partial charge is 0.465 e. The summed E-state index contributed by atoms with van der Waals surface area (Å²) < 4.78 is 0. The molecule has 0 unspecified atom stereocenters. The number of hydrogen-bond acceptors (Lipinski definition) is 4. The van der Waals surface area contributed by atoms with E-state index in [1.807, 2.05) is 19.2 Å². The van der Waals surface area contributed by atoms with E-state index < -0.39 is 17.9 Å². The smallest absolute Gasteiger partial charge is 0.406 e. The maximum Gasteiger partial charge on any atom is 0.406 e. The summed E-state index contributed by atoms with van der Waals surface area (Å²) in [6.07, 6.45) is -2.14. The van der Waals surface area contributed by atoms with Crippen LogP contribution in [0.2, 0.25) is 0 Å². The Balaban J connectivity index is 4.65. The van der Waals surface area contributed by atoms with Crippen LogP contribution in [0.15, 0.2) is 0 Å². The van der Waals surface area contributed by atoms with Crippen LogP contribution in [0.4, 0.5) is 4.79 Å². The van der Waals surface area contributed by atoms with Gasteiger partial charge >= 0.3 is 6.09 Å². The molecule has 15 heavy (non-hydrogen) atoms. The Bertz CT molecular complexity index is 230. The summed E-state index contributed by atoms with van der Waals surface area (Å²) in [6.45, 7) is 5.58. The number of rotatable bonds is 6. The van der Waals surface area contributed by atoms with Crippen molar-refractivity contribution in [2.24, 2.45) is 5.92 Å². The zero-order valence-corrected chi connectivity index (χ0v) is 9.15. The van der Waals surface area contributed by atoms with E-state index in [0.717, 1.165) is 0 Å². The van der Waals surface area contributed by atoms with Crippen molar-refractivity contribution in [1.29, 1.82) is 0 Å². The van der Waals surface area contributed by atoms with Gasteiger partial charge in [0.2, 0.25) is 0 Å². The van der Waals surface area contributed by atoms with E-state index in [0.29, 0.717) is 12.8 Å². The van der Waals surface area contributed by atoms with Crippen LogP contribution in [-0.2, 0) is 4.79 Å². The van der Waals surface area contributed by atoms with E-state index >= 15 is 0 Å². The Morgan fingerprint density at radius 2 is 2.00 bits per heavy atom. The highest BCUT2D eigenvalue weighted by molar-refractivity contribution is 5.75. The number of aldehydes is 1. The Morgan fingerprint density at radius 3 is 2.27 bits per heavy atom. The first kappa shape index (κ1) is 13.9. The second-order valence-corrected chi connectivity index (χ2v) is 3.87. The molecule has 0 aliphatic heterocycles. The summed E-state index contributed by atoms with van der Waals surface area (Å²) in [5.74, 6) is 0.235. The molecule has 4 N–H and O–H groups in total. The zero-order chi connectivity index (χ0) is 12.1. The fraction of sp³-hybridized carbons (Fsp3) is 0.778. The SMILES string of the molecule is CC(C)CN[C@](C=O)(NC(=O)O)[C@@H](C)O. The van der Waals surface area contributed by atoms with Crippen LogP contribution in [0, 0.1) is 5.92 Å². The Labute approximate surface area is 88.7 Å². The second-order valence-electron chi connectivity index (χ2n) is 3.87. The molecule has 2 atom stereocenters. The average molecular weight is 218 g/mol. The van der Waals surface area contributed by atoms with E-state index in [1.165, 1.54) is 6.92 Å². The maximum absolute atomic E-state index is 10.9. The quantitative estimate of drug-likeness (QED) is 0.365. The molecule has 0 bridgehead atoms. The number of carbonyl (C=O) groups excluding carboxylic acids is 1. The molecule has 0 aromatic carbocycles. The van der Waals surface area contributed by atoms with Crippen LogP contribution in [-0.4, -0.2) is 40.9 Å². The summed E-state index contributed by atoms with van der Waals surface area (Å²) in [7, 11) is 0. The predicted molar refractivity (Wildman–Crippen MR) is 54.5 cm³/mol. The lowest BCUT2D eigenvalue weighted by atomic mass is 10.1. The van der Waals surface area contributed by atoms with Gasteiger partial charge in [-0.25, -0.2) is 4.79 Å². The normalized spacial score (nSPS) is 16.9. The molecule has 6 heteroatoms. The van der Waals surface area contributed by atoms with Crippen molar-refractivity contribution in [3.63, 3.8) is 0 Å². The number of amides is 1. The minimum absolute atomic E-state index is 0.235. The molecule has 0 aliphatic rings. The first-order chi connectivity index (χ1) is 6.84. The van der Waals surface area contributed by atoms with Crippen LogP contribution in [0.3, 0.4) is 0 Å². The number of nitrogens with one attached hydrogen (secondary N) is 2. The molecule has 0 rings (SSSR count). The van der Waals surface area contributed by atoms with Gasteiger partial charge in [-0.2, -0.15) is 0 Å². The second kappa shape index (κ2) is 5.67. The first-order valence-corrected chi connectivity index (χ1v) is 4.74. The van der Waals surface area contributed by atoms with E-state index in [1.54, 1.807) is 0 Å². The molecule has 0 heterocycles. The van der Waals surface area contributed by atoms with Crippen molar-refractivity contribution < 1.29 is 19.8 Å². The van der Waals surface area contributed by atoms with Crippen molar-refractivity contribution in [2.45, 2.75) is 32.5 Å². The standard InChI is InChI=1S/C9H18N2O4/c1-6(2)4-10-9(5-12,7(3)13)11-8(14)15/h5-7,10-11,13H,4H2,1-3H3,(H,14,15)/t7-,9-/m1/s1. The summed E-state index contributed by atoms with van der Waals surface area (Å²) >= 11 is 0. The third-order valence-corrected chi connectivity index (χ3v) is 1.96. The molecule has 1 amide bonds. The van der Waals surface area contributed by atoms with Gasteiger partial charge in [0.15, 0.2) is 11.9 Å². The summed E-state index contributed by atoms with van der Waals surface area (Å²) in [6, 6.07) is 0. The van der Waals surface area contributed by atoms with Crippen LogP contribution in [0.1, 0.15) is 20.8 Å². The predicted octanol–water partition coefficient (Wildman–Crippen LogP) is -0.224. The minimum Gasteiger partial charge on any atom is -0.465 e. The molecule has 0 spiro atoms. The van der Waals surface area contributed by atoms with Gasteiger partial charge in [0.25, 0.3) is 0 Å². The molecule has 0 aromatic heterocycles. The third kappa shape index (κ3) is 4.26. The molecule has 0 saturated carbocycles. The van der Waals surface area contributed by atoms with Gasteiger partial charge in [0, 0.05) is 6.54 Å². The Morgan fingerprint density at radius 1 is 1.47 bits per heavy atom. The summed E-state index contributed by atoms with van der Waals surface area (Å²) in [5.41, 5.74) is -1.63. The lowest BCUT2D eigenvalue weighted by Gasteiger charge is -2.32. The Hall–Kier alpha value is -1.14. The summed E-state index contributed by atoms with van der Waals surface area (Å²) in [5, 5.41) is 22.7. The lowest BCUT2D eigenvalue weighted by Crippen LogP contribution is -2.66. The average Bonchev–Trinajstić information content (AvgIpc) is 2.11. The molecular weight excluding hydrogens is 200 g/mol. The van der Waals surface area contributed by atoms with Crippen LogP contribution in [0.5, 0.6) is 0 Å². The van der Waals surface area contributed by atoms with Gasteiger partial charge < -0.3 is 10.2 Å². The number of hydrogen-bond donors (Lipinski definition) is 4. The van der Waals surface area contributed by atoms with Crippen LogP contribution in [0.25, 0.3) is 0 Å². The number of aliphatic hydroxyl groups is 1. The van der Waals surface area contributed by atoms with Gasteiger partial charge in [0.05, 0.1) is 6.10 Å². The van der Waals surface area contributed by atoms with Crippen molar-refractivity contribution in [3.05, 3.63) is 0 Å². The van der Waals surface area contributed by atoms with Crippen molar-refractivity contribution in [3.8, 4) is 0 Å². The fourth-order valence-electron chi connectivity index (χ4n) is 1.02. The van der Waals surface area contributed by atoms with Crippen LogP contribution < -0.4 is 10.6 Å². The molecule has 0 aromatic rings.